The van der Waals surface area contributed by atoms with Gasteiger partial charge in [-0.3, -0.25) is 8.74 Å². The van der Waals surface area contributed by atoms with Crippen molar-refractivity contribution in [3.63, 3.8) is 0 Å². The molecule has 1 atom stereocenters. The molecular formula is C11H24O3S. The summed E-state index contributed by atoms with van der Waals surface area (Å²) in [6.45, 7) is 2.63. The van der Waals surface area contributed by atoms with Gasteiger partial charge in [0.1, 0.15) is 0 Å². The van der Waals surface area contributed by atoms with Gasteiger partial charge in [-0.1, -0.05) is 58.3 Å². The first-order valence-electron chi connectivity index (χ1n) is 6.01. The SMILES string of the molecule is CCCCCCCCCCCOS(=O)O. The maximum Gasteiger partial charge on any atom is 0.301 e. The second kappa shape index (κ2) is 12.1. The standard InChI is InChI=1S/C11H24O3S/c1-2-3-4-5-6-7-8-9-10-11-14-15(12)13/h2-11H2,1H3,(H,12,13). The molecule has 0 rings (SSSR count). The first kappa shape index (κ1) is 15.1. The van der Waals surface area contributed by atoms with Gasteiger partial charge in [0.25, 0.3) is 0 Å². The molecule has 3 nitrogen and oxygen atoms in total. The average molecular weight is 236 g/mol. The molecule has 4 heteroatoms. The Labute approximate surface area is 96.1 Å². The molecular weight excluding hydrogens is 212 g/mol. The van der Waals surface area contributed by atoms with E-state index >= 15 is 0 Å². The minimum absolute atomic E-state index is 0.402. The van der Waals surface area contributed by atoms with E-state index in [1.165, 1.54) is 44.9 Å². The van der Waals surface area contributed by atoms with Crippen molar-refractivity contribution in [1.29, 1.82) is 0 Å². The van der Waals surface area contributed by atoms with E-state index in [9.17, 15) is 4.21 Å². The normalized spacial score (nSPS) is 12.9. The molecule has 0 amide bonds. The van der Waals surface area contributed by atoms with Crippen molar-refractivity contribution in [2.24, 2.45) is 0 Å². The van der Waals surface area contributed by atoms with Gasteiger partial charge in [0.05, 0.1) is 6.61 Å². The highest BCUT2D eigenvalue weighted by Gasteiger charge is 1.94. The minimum Gasteiger partial charge on any atom is -0.284 e. The van der Waals surface area contributed by atoms with Crippen LogP contribution in [0.15, 0.2) is 0 Å². The summed E-state index contributed by atoms with van der Waals surface area (Å²) in [5.74, 6) is 0. The monoisotopic (exact) mass is 236 g/mol. The summed E-state index contributed by atoms with van der Waals surface area (Å²) in [5.41, 5.74) is 0. The van der Waals surface area contributed by atoms with E-state index in [4.69, 9.17) is 4.55 Å². The van der Waals surface area contributed by atoms with Crippen LogP contribution in [0.2, 0.25) is 0 Å². The molecule has 0 aromatic carbocycles. The largest absolute Gasteiger partial charge is 0.301 e. The van der Waals surface area contributed by atoms with E-state index in [0.29, 0.717) is 6.61 Å². The Bertz CT molecular complexity index is 151. The molecule has 1 unspecified atom stereocenters. The highest BCUT2D eigenvalue weighted by molar-refractivity contribution is 7.74. The van der Waals surface area contributed by atoms with Gasteiger partial charge in [0.15, 0.2) is 0 Å². The fourth-order valence-electron chi connectivity index (χ4n) is 1.54. The van der Waals surface area contributed by atoms with Gasteiger partial charge in [0.2, 0.25) is 0 Å². The summed E-state index contributed by atoms with van der Waals surface area (Å²) in [6, 6.07) is 0. The first-order valence-corrected chi connectivity index (χ1v) is 7.04. The van der Waals surface area contributed by atoms with E-state index in [-0.39, 0.29) is 0 Å². The molecule has 0 aliphatic rings. The number of hydrogen-bond donors (Lipinski definition) is 1. The number of unbranched alkanes of at least 4 members (excludes halogenated alkanes) is 8. The first-order chi connectivity index (χ1) is 7.27. The van der Waals surface area contributed by atoms with Crippen LogP contribution in [0, 0.1) is 0 Å². The second-order valence-corrected chi connectivity index (χ2v) is 4.54. The van der Waals surface area contributed by atoms with Gasteiger partial charge in [-0.05, 0) is 6.42 Å². The quantitative estimate of drug-likeness (QED) is 0.440. The van der Waals surface area contributed by atoms with Crippen LogP contribution in [0.25, 0.3) is 0 Å². The van der Waals surface area contributed by atoms with E-state index in [2.05, 4.69) is 11.1 Å². The summed E-state index contributed by atoms with van der Waals surface area (Å²) in [7, 11) is 0. The van der Waals surface area contributed by atoms with Crippen LogP contribution in [0.3, 0.4) is 0 Å². The van der Waals surface area contributed by atoms with Crippen LogP contribution in [0.1, 0.15) is 64.7 Å². The smallest absolute Gasteiger partial charge is 0.284 e. The Morgan fingerprint density at radius 1 is 0.933 bits per heavy atom. The Kier molecular flexibility index (Phi) is 12.2. The van der Waals surface area contributed by atoms with Crippen molar-refractivity contribution in [2.45, 2.75) is 64.7 Å². The average Bonchev–Trinajstić information content (AvgIpc) is 2.20. The molecule has 15 heavy (non-hydrogen) atoms. The topological polar surface area (TPSA) is 46.5 Å². The van der Waals surface area contributed by atoms with Gasteiger partial charge in [0, 0.05) is 0 Å². The lowest BCUT2D eigenvalue weighted by Crippen LogP contribution is -1.97. The maximum absolute atomic E-state index is 10.1. The van der Waals surface area contributed by atoms with Crippen LogP contribution < -0.4 is 0 Å². The van der Waals surface area contributed by atoms with Gasteiger partial charge < -0.3 is 0 Å². The van der Waals surface area contributed by atoms with Gasteiger partial charge in [-0.25, -0.2) is 0 Å². The van der Waals surface area contributed by atoms with Crippen molar-refractivity contribution >= 4 is 11.4 Å². The van der Waals surface area contributed by atoms with Crippen LogP contribution in [0.4, 0.5) is 0 Å². The van der Waals surface area contributed by atoms with Gasteiger partial charge >= 0.3 is 11.4 Å². The maximum atomic E-state index is 10.1. The molecule has 92 valence electrons. The van der Waals surface area contributed by atoms with Crippen molar-refractivity contribution in [1.82, 2.24) is 0 Å². The third-order valence-corrected chi connectivity index (χ3v) is 2.80. The molecule has 0 radical (unpaired) electrons. The zero-order chi connectivity index (χ0) is 11.4. The van der Waals surface area contributed by atoms with E-state index in [0.717, 1.165) is 12.8 Å². The van der Waals surface area contributed by atoms with Crippen LogP contribution in [-0.2, 0) is 15.5 Å². The molecule has 0 fully saturated rings. The minimum atomic E-state index is -2.08. The van der Waals surface area contributed by atoms with Gasteiger partial charge in [-0.15, -0.1) is 0 Å². The fourth-order valence-corrected chi connectivity index (χ4v) is 1.80. The van der Waals surface area contributed by atoms with Crippen LogP contribution >= 0.6 is 0 Å². The lowest BCUT2D eigenvalue weighted by Gasteiger charge is -2.01. The number of hydrogen-bond acceptors (Lipinski definition) is 2. The molecule has 0 saturated heterocycles. The molecule has 0 bridgehead atoms. The van der Waals surface area contributed by atoms with E-state index in [1.54, 1.807) is 0 Å². The summed E-state index contributed by atoms with van der Waals surface area (Å²) >= 11 is -2.08. The third kappa shape index (κ3) is 14.1. The summed E-state index contributed by atoms with van der Waals surface area (Å²) in [6.07, 6.45) is 11.2. The van der Waals surface area contributed by atoms with Crippen molar-refractivity contribution < 1.29 is 12.9 Å². The molecule has 0 aromatic heterocycles. The fraction of sp³-hybridized carbons (Fsp3) is 1.00. The molecule has 0 aliphatic heterocycles. The molecule has 0 aliphatic carbocycles. The molecule has 0 aromatic rings. The van der Waals surface area contributed by atoms with Crippen molar-refractivity contribution in [2.75, 3.05) is 6.61 Å². The van der Waals surface area contributed by atoms with Crippen LogP contribution in [0.5, 0.6) is 0 Å². The summed E-state index contributed by atoms with van der Waals surface area (Å²) < 4.78 is 23.0. The van der Waals surface area contributed by atoms with E-state index < -0.39 is 11.4 Å². The Morgan fingerprint density at radius 3 is 1.87 bits per heavy atom. The molecule has 0 spiro atoms. The third-order valence-electron chi connectivity index (χ3n) is 2.43. The highest BCUT2D eigenvalue weighted by Crippen LogP contribution is 2.09. The summed E-state index contributed by atoms with van der Waals surface area (Å²) in [5, 5.41) is 0. The zero-order valence-electron chi connectivity index (χ0n) is 9.74. The summed E-state index contributed by atoms with van der Waals surface area (Å²) in [4.78, 5) is 0. The molecule has 0 saturated carbocycles. The Balaban J connectivity index is 2.89. The van der Waals surface area contributed by atoms with Gasteiger partial charge in [-0.2, -0.15) is 4.21 Å². The zero-order valence-corrected chi connectivity index (χ0v) is 10.6. The Hall–Kier alpha value is 0.0700. The lowest BCUT2D eigenvalue weighted by atomic mass is 10.1. The lowest BCUT2D eigenvalue weighted by molar-refractivity contribution is 0.296. The van der Waals surface area contributed by atoms with E-state index in [1.807, 2.05) is 0 Å². The van der Waals surface area contributed by atoms with Crippen LogP contribution in [-0.4, -0.2) is 15.4 Å². The Morgan fingerprint density at radius 2 is 1.40 bits per heavy atom. The highest BCUT2D eigenvalue weighted by atomic mass is 32.2. The predicted molar refractivity (Wildman–Crippen MR) is 64.0 cm³/mol. The predicted octanol–water partition coefficient (Wildman–Crippen LogP) is 3.67. The van der Waals surface area contributed by atoms with Crippen molar-refractivity contribution in [3.05, 3.63) is 0 Å². The molecule has 0 heterocycles. The second-order valence-electron chi connectivity index (χ2n) is 3.87. The number of rotatable bonds is 11. The molecule has 1 N–H and O–H groups in total. The van der Waals surface area contributed by atoms with Crippen molar-refractivity contribution in [3.8, 4) is 0 Å².